The number of rotatable bonds is 4. The van der Waals surface area contributed by atoms with E-state index in [1.165, 1.54) is 25.6 Å². The van der Waals surface area contributed by atoms with Gasteiger partial charge in [0.25, 0.3) is 5.91 Å². The van der Waals surface area contributed by atoms with Gasteiger partial charge in [0.1, 0.15) is 11.5 Å². The molecule has 0 aliphatic heterocycles. The standard InChI is InChI=1S/C21H17N3O3S2/c1-26-14-9-13(10-15(11-14)27-2)19(25)23-20(28)24-21-22-17-8-7-12-5-3-4-6-16(12)18(17)29-21/h3-11H,1-2H3,(H2,22,23,24,25,28). The molecule has 0 fully saturated rings. The van der Waals surface area contributed by atoms with Gasteiger partial charge in [-0.05, 0) is 35.8 Å². The Morgan fingerprint density at radius 1 is 1.03 bits per heavy atom. The topological polar surface area (TPSA) is 72.5 Å². The van der Waals surface area contributed by atoms with Crippen molar-refractivity contribution < 1.29 is 14.3 Å². The van der Waals surface area contributed by atoms with Gasteiger partial charge in [0.05, 0.1) is 24.4 Å². The van der Waals surface area contributed by atoms with Gasteiger partial charge in [0.2, 0.25) is 0 Å². The maximum atomic E-state index is 12.6. The van der Waals surface area contributed by atoms with Crippen LogP contribution in [0.2, 0.25) is 0 Å². The fourth-order valence-corrected chi connectivity index (χ4v) is 4.21. The second-order valence-corrected chi connectivity index (χ2v) is 7.57. The molecule has 29 heavy (non-hydrogen) atoms. The Bertz CT molecular complexity index is 1210. The quantitative estimate of drug-likeness (QED) is 0.468. The van der Waals surface area contributed by atoms with Gasteiger partial charge in [0, 0.05) is 17.0 Å². The zero-order valence-electron chi connectivity index (χ0n) is 15.7. The number of amides is 1. The Hall–Kier alpha value is -3.23. The average Bonchev–Trinajstić information content (AvgIpc) is 3.16. The van der Waals surface area contributed by atoms with E-state index < -0.39 is 0 Å². The van der Waals surface area contributed by atoms with E-state index in [0.29, 0.717) is 22.2 Å². The number of benzene rings is 3. The van der Waals surface area contributed by atoms with Crippen molar-refractivity contribution >= 4 is 60.7 Å². The van der Waals surface area contributed by atoms with E-state index in [1.807, 2.05) is 24.3 Å². The fraction of sp³-hybridized carbons (Fsp3) is 0.0952. The van der Waals surface area contributed by atoms with E-state index in [9.17, 15) is 4.79 Å². The molecule has 0 bridgehead atoms. The van der Waals surface area contributed by atoms with Crippen LogP contribution in [0.3, 0.4) is 0 Å². The lowest BCUT2D eigenvalue weighted by atomic mass is 10.1. The number of ether oxygens (including phenoxy) is 2. The summed E-state index contributed by atoms with van der Waals surface area (Å²) in [6, 6.07) is 17.1. The summed E-state index contributed by atoms with van der Waals surface area (Å²) in [5, 5.41) is 8.73. The Morgan fingerprint density at radius 2 is 1.76 bits per heavy atom. The van der Waals surface area contributed by atoms with Crippen LogP contribution < -0.4 is 20.1 Å². The minimum atomic E-state index is -0.369. The van der Waals surface area contributed by atoms with Crippen molar-refractivity contribution in [1.82, 2.24) is 10.3 Å². The molecule has 0 saturated heterocycles. The van der Waals surface area contributed by atoms with Crippen molar-refractivity contribution in [3.8, 4) is 11.5 Å². The number of nitrogens with one attached hydrogen (secondary N) is 2. The van der Waals surface area contributed by atoms with Crippen LogP contribution in [0.1, 0.15) is 10.4 Å². The summed E-state index contributed by atoms with van der Waals surface area (Å²) in [7, 11) is 3.05. The fourth-order valence-electron chi connectivity index (χ4n) is 2.95. The predicted octanol–water partition coefficient (Wildman–Crippen LogP) is 4.59. The maximum Gasteiger partial charge on any atom is 0.257 e. The van der Waals surface area contributed by atoms with E-state index in [1.54, 1.807) is 18.2 Å². The van der Waals surface area contributed by atoms with Crippen molar-refractivity contribution in [2.75, 3.05) is 19.5 Å². The second kappa shape index (κ2) is 8.02. The maximum absolute atomic E-state index is 12.6. The number of hydrogen-bond donors (Lipinski definition) is 2. The van der Waals surface area contributed by atoms with E-state index in [4.69, 9.17) is 21.7 Å². The van der Waals surface area contributed by atoms with Crippen LogP contribution in [0, 0.1) is 0 Å². The number of nitrogens with zero attached hydrogens (tertiary/aromatic N) is 1. The molecule has 0 saturated carbocycles. The first-order chi connectivity index (χ1) is 14.1. The normalized spacial score (nSPS) is 10.7. The van der Waals surface area contributed by atoms with Crippen molar-refractivity contribution in [2.45, 2.75) is 0 Å². The number of carbonyl (C=O) groups is 1. The van der Waals surface area contributed by atoms with Crippen LogP contribution in [0.25, 0.3) is 21.0 Å². The van der Waals surface area contributed by atoms with Crippen LogP contribution >= 0.6 is 23.6 Å². The van der Waals surface area contributed by atoms with Crippen molar-refractivity contribution in [2.24, 2.45) is 0 Å². The highest BCUT2D eigenvalue weighted by atomic mass is 32.1. The number of aromatic nitrogens is 1. The molecule has 6 nitrogen and oxygen atoms in total. The second-order valence-electron chi connectivity index (χ2n) is 6.16. The molecule has 2 N–H and O–H groups in total. The van der Waals surface area contributed by atoms with Gasteiger partial charge in [0.15, 0.2) is 10.2 Å². The van der Waals surface area contributed by atoms with Crippen LogP contribution in [0.15, 0.2) is 54.6 Å². The van der Waals surface area contributed by atoms with Crippen LogP contribution in [-0.4, -0.2) is 30.2 Å². The molecule has 1 amide bonds. The molecule has 8 heteroatoms. The number of hydrogen-bond acceptors (Lipinski definition) is 6. The summed E-state index contributed by atoms with van der Waals surface area (Å²) >= 11 is 6.79. The number of methoxy groups -OCH3 is 2. The molecular formula is C21H17N3O3S2. The summed E-state index contributed by atoms with van der Waals surface area (Å²) in [5.74, 6) is 0.670. The van der Waals surface area contributed by atoms with Crippen LogP contribution in [-0.2, 0) is 0 Å². The monoisotopic (exact) mass is 423 g/mol. The molecule has 0 spiro atoms. The van der Waals surface area contributed by atoms with E-state index in [2.05, 4.69) is 27.8 Å². The van der Waals surface area contributed by atoms with Gasteiger partial charge < -0.3 is 14.8 Å². The largest absolute Gasteiger partial charge is 0.497 e. The number of thiocarbonyl (C=S) groups is 1. The van der Waals surface area contributed by atoms with E-state index in [0.717, 1.165) is 21.0 Å². The first kappa shape index (κ1) is 19.1. The number of fused-ring (bicyclic) bond motifs is 3. The highest BCUT2D eigenvalue weighted by molar-refractivity contribution is 7.80. The molecule has 4 aromatic rings. The SMILES string of the molecule is COc1cc(OC)cc(C(=O)NC(=S)Nc2nc3ccc4ccccc4c3s2)c1. The molecule has 1 heterocycles. The van der Waals surface area contributed by atoms with Gasteiger partial charge in [-0.15, -0.1) is 0 Å². The first-order valence-electron chi connectivity index (χ1n) is 8.71. The average molecular weight is 424 g/mol. The highest BCUT2D eigenvalue weighted by Crippen LogP contribution is 2.32. The molecule has 0 unspecified atom stereocenters. The summed E-state index contributed by atoms with van der Waals surface area (Å²) in [6.07, 6.45) is 0. The van der Waals surface area contributed by atoms with Crippen molar-refractivity contribution in [3.63, 3.8) is 0 Å². The van der Waals surface area contributed by atoms with Gasteiger partial charge >= 0.3 is 0 Å². The molecule has 3 aromatic carbocycles. The zero-order valence-corrected chi connectivity index (χ0v) is 17.3. The van der Waals surface area contributed by atoms with Crippen LogP contribution in [0.5, 0.6) is 11.5 Å². The molecule has 146 valence electrons. The summed E-state index contributed by atoms with van der Waals surface area (Å²) in [4.78, 5) is 17.1. The Balaban J connectivity index is 1.52. The van der Waals surface area contributed by atoms with Crippen molar-refractivity contribution in [1.29, 1.82) is 0 Å². The summed E-state index contributed by atoms with van der Waals surface area (Å²) in [6.45, 7) is 0. The lowest BCUT2D eigenvalue weighted by molar-refractivity contribution is 0.0977. The highest BCUT2D eigenvalue weighted by Gasteiger charge is 2.13. The number of thiazole rings is 1. The molecule has 0 aliphatic rings. The lowest BCUT2D eigenvalue weighted by Crippen LogP contribution is -2.34. The molecule has 0 radical (unpaired) electrons. The molecule has 1 aromatic heterocycles. The first-order valence-corrected chi connectivity index (χ1v) is 9.93. The van der Waals surface area contributed by atoms with E-state index >= 15 is 0 Å². The summed E-state index contributed by atoms with van der Waals surface area (Å²) < 4.78 is 11.5. The third kappa shape index (κ3) is 3.98. The third-order valence-corrected chi connectivity index (χ3v) is 5.56. The van der Waals surface area contributed by atoms with Gasteiger partial charge in [-0.2, -0.15) is 0 Å². The number of anilines is 1. The Labute approximate surface area is 176 Å². The van der Waals surface area contributed by atoms with Gasteiger partial charge in [-0.3, -0.25) is 10.1 Å². The number of carbonyl (C=O) groups excluding carboxylic acids is 1. The minimum absolute atomic E-state index is 0.167. The van der Waals surface area contributed by atoms with Gasteiger partial charge in [-0.1, -0.05) is 41.7 Å². The lowest BCUT2D eigenvalue weighted by Gasteiger charge is -2.10. The third-order valence-electron chi connectivity index (χ3n) is 4.34. The summed E-state index contributed by atoms with van der Waals surface area (Å²) in [5.41, 5.74) is 1.25. The van der Waals surface area contributed by atoms with Crippen LogP contribution in [0.4, 0.5) is 5.13 Å². The zero-order chi connectivity index (χ0) is 20.4. The Kier molecular flexibility index (Phi) is 5.28. The van der Waals surface area contributed by atoms with Crippen molar-refractivity contribution in [3.05, 3.63) is 60.2 Å². The molecule has 0 aliphatic carbocycles. The molecular weight excluding hydrogens is 406 g/mol. The molecule has 0 atom stereocenters. The van der Waals surface area contributed by atoms with Gasteiger partial charge in [-0.25, -0.2) is 4.98 Å². The van der Waals surface area contributed by atoms with E-state index in [-0.39, 0.29) is 11.0 Å². The molecule has 4 rings (SSSR count). The predicted molar refractivity (Wildman–Crippen MR) is 120 cm³/mol. The smallest absolute Gasteiger partial charge is 0.257 e. The minimum Gasteiger partial charge on any atom is -0.497 e. The Morgan fingerprint density at radius 3 is 2.48 bits per heavy atom.